The molecule has 0 radical (unpaired) electrons. The van der Waals surface area contributed by atoms with Gasteiger partial charge >= 0.3 is 0 Å². The van der Waals surface area contributed by atoms with Crippen LogP contribution >= 0.6 is 0 Å². The lowest BCUT2D eigenvalue weighted by Gasteiger charge is -2.04. The SMILES string of the molecule is Cn1cnc(C(=O)NCc2cccc(C#CCCO)c2)c1. The molecule has 0 fully saturated rings. The zero-order valence-electron chi connectivity index (χ0n) is 11.8. The minimum absolute atomic E-state index is 0.0623. The van der Waals surface area contributed by atoms with E-state index in [2.05, 4.69) is 22.1 Å². The molecule has 2 aromatic rings. The molecule has 1 amide bonds. The van der Waals surface area contributed by atoms with Gasteiger partial charge in [0.15, 0.2) is 0 Å². The van der Waals surface area contributed by atoms with Gasteiger partial charge in [0, 0.05) is 31.8 Å². The molecular weight excluding hydrogens is 266 g/mol. The highest BCUT2D eigenvalue weighted by Gasteiger charge is 2.07. The standard InChI is InChI=1S/C16H17N3O2/c1-19-11-15(18-12-19)16(21)17-10-14-7-4-6-13(9-14)5-2-3-8-20/h4,6-7,9,11-12,20H,3,8,10H2,1H3,(H,17,21). The van der Waals surface area contributed by atoms with Crippen molar-refractivity contribution in [2.24, 2.45) is 7.05 Å². The van der Waals surface area contributed by atoms with Crippen LogP contribution < -0.4 is 5.32 Å². The van der Waals surface area contributed by atoms with E-state index in [1.54, 1.807) is 17.1 Å². The van der Waals surface area contributed by atoms with Gasteiger partial charge in [0.1, 0.15) is 5.69 Å². The Hall–Kier alpha value is -2.58. The smallest absolute Gasteiger partial charge is 0.271 e. The number of amides is 1. The summed E-state index contributed by atoms with van der Waals surface area (Å²) in [6.07, 6.45) is 3.72. The highest BCUT2D eigenvalue weighted by Crippen LogP contribution is 2.04. The molecule has 5 heteroatoms. The summed E-state index contributed by atoms with van der Waals surface area (Å²) in [6, 6.07) is 7.64. The van der Waals surface area contributed by atoms with Crippen molar-refractivity contribution in [1.29, 1.82) is 0 Å². The molecule has 0 aliphatic heterocycles. The van der Waals surface area contributed by atoms with E-state index in [0.717, 1.165) is 11.1 Å². The van der Waals surface area contributed by atoms with Crippen molar-refractivity contribution in [3.05, 3.63) is 53.6 Å². The second-order valence-electron chi connectivity index (χ2n) is 4.58. The van der Waals surface area contributed by atoms with Gasteiger partial charge in [-0.15, -0.1) is 0 Å². The monoisotopic (exact) mass is 283 g/mol. The van der Waals surface area contributed by atoms with Crippen molar-refractivity contribution in [3.63, 3.8) is 0 Å². The largest absolute Gasteiger partial charge is 0.395 e. The molecule has 1 heterocycles. The Kier molecular flexibility index (Phi) is 5.13. The molecule has 1 aromatic carbocycles. The lowest BCUT2D eigenvalue weighted by atomic mass is 10.1. The Morgan fingerprint density at radius 1 is 1.48 bits per heavy atom. The number of carbonyl (C=O) groups is 1. The summed E-state index contributed by atoms with van der Waals surface area (Å²) < 4.78 is 1.73. The Morgan fingerprint density at radius 3 is 3.05 bits per heavy atom. The van der Waals surface area contributed by atoms with Crippen LogP contribution in [0.1, 0.15) is 28.0 Å². The molecule has 0 saturated carbocycles. The number of rotatable bonds is 4. The van der Waals surface area contributed by atoms with E-state index in [-0.39, 0.29) is 12.5 Å². The van der Waals surface area contributed by atoms with Gasteiger partial charge in [-0.2, -0.15) is 0 Å². The molecule has 0 unspecified atom stereocenters. The Morgan fingerprint density at radius 2 is 2.33 bits per heavy atom. The van der Waals surface area contributed by atoms with Crippen LogP contribution in [0.2, 0.25) is 0 Å². The first-order valence-electron chi connectivity index (χ1n) is 6.64. The van der Waals surface area contributed by atoms with Gasteiger partial charge in [-0.05, 0) is 17.7 Å². The normalized spacial score (nSPS) is 9.81. The van der Waals surface area contributed by atoms with E-state index in [0.29, 0.717) is 18.7 Å². The maximum Gasteiger partial charge on any atom is 0.271 e. The highest BCUT2D eigenvalue weighted by molar-refractivity contribution is 5.91. The van der Waals surface area contributed by atoms with E-state index in [9.17, 15) is 4.79 Å². The molecule has 0 spiro atoms. The summed E-state index contributed by atoms with van der Waals surface area (Å²) in [5.41, 5.74) is 2.24. The van der Waals surface area contributed by atoms with Crippen LogP contribution in [0.4, 0.5) is 0 Å². The average molecular weight is 283 g/mol. The number of nitrogens with one attached hydrogen (secondary N) is 1. The lowest BCUT2D eigenvalue weighted by Crippen LogP contribution is -2.23. The van der Waals surface area contributed by atoms with E-state index >= 15 is 0 Å². The fourth-order valence-electron chi connectivity index (χ4n) is 1.78. The maximum absolute atomic E-state index is 11.9. The molecule has 21 heavy (non-hydrogen) atoms. The second-order valence-corrected chi connectivity index (χ2v) is 4.58. The Bertz CT molecular complexity index is 680. The van der Waals surface area contributed by atoms with Gasteiger partial charge in [0.05, 0.1) is 12.9 Å². The fourth-order valence-corrected chi connectivity index (χ4v) is 1.78. The number of hydrogen-bond acceptors (Lipinski definition) is 3. The van der Waals surface area contributed by atoms with Gasteiger partial charge in [-0.3, -0.25) is 4.79 Å². The first-order valence-corrected chi connectivity index (χ1v) is 6.64. The first-order chi connectivity index (χ1) is 10.2. The van der Waals surface area contributed by atoms with Gasteiger partial charge < -0.3 is 15.0 Å². The third-order valence-corrected chi connectivity index (χ3v) is 2.79. The van der Waals surface area contributed by atoms with Gasteiger partial charge in [-0.25, -0.2) is 4.98 Å². The summed E-state index contributed by atoms with van der Waals surface area (Å²) >= 11 is 0. The van der Waals surface area contributed by atoms with E-state index in [1.807, 2.05) is 31.3 Å². The number of aryl methyl sites for hydroxylation is 1. The van der Waals surface area contributed by atoms with Crippen molar-refractivity contribution in [2.75, 3.05) is 6.61 Å². The molecular formula is C16H17N3O2. The zero-order chi connectivity index (χ0) is 15.1. The lowest BCUT2D eigenvalue weighted by molar-refractivity contribution is 0.0946. The number of carbonyl (C=O) groups excluding carboxylic acids is 1. The topological polar surface area (TPSA) is 67.2 Å². The van der Waals surface area contributed by atoms with Crippen LogP contribution in [0, 0.1) is 11.8 Å². The number of aliphatic hydroxyl groups excluding tert-OH is 1. The van der Waals surface area contributed by atoms with Gasteiger partial charge in [-0.1, -0.05) is 24.0 Å². The number of imidazole rings is 1. The van der Waals surface area contributed by atoms with Crippen LogP contribution in [0.15, 0.2) is 36.8 Å². The van der Waals surface area contributed by atoms with Crippen LogP contribution in [0.25, 0.3) is 0 Å². The van der Waals surface area contributed by atoms with Crippen LogP contribution in [-0.2, 0) is 13.6 Å². The molecule has 0 saturated heterocycles. The van der Waals surface area contributed by atoms with Crippen LogP contribution in [0.5, 0.6) is 0 Å². The number of benzene rings is 1. The molecule has 1 aromatic heterocycles. The third-order valence-electron chi connectivity index (χ3n) is 2.79. The minimum atomic E-state index is -0.202. The number of aromatic nitrogens is 2. The fraction of sp³-hybridized carbons (Fsp3) is 0.250. The van der Waals surface area contributed by atoms with Crippen LogP contribution in [-0.4, -0.2) is 27.2 Å². The minimum Gasteiger partial charge on any atom is -0.395 e. The van der Waals surface area contributed by atoms with Crippen molar-refractivity contribution >= 4 is 5.91 Å². The average Bonchev–Trinajstić information content (AvgIpc) is 2.92. The second kappa shape index (κ2) is 7.27. The van der Waals surface area contributed by atoms with Gasteiger partial charge in [0.2, 0.25) is 0 Å². The predicted octanol–water partition coefficient (Wildman–Crippen LogP) is 1.08. The number of hydrogen-bond donors (Lipinski definition) is 2. The maximum atomic E-state index is 11.9. The predicted molar refractivity (Wildman–Crippen MR) is 79.4 cm³/mol. The van der Waals surface area contributed by atoms with E-state index < -0.39 is 0 Å². The van der Waals surface area contributed by atoms with Crippen LogP contribution in [0.3, 0.4) is 0 Å². The van der Waals surface area contributed by atoms with Crippen molar-refractivity contribution in [3.8, 4) is 11.8 Å². The summed E-state index contributed by atoms with van der Waals surface area (Å²) in [6.45, 7) is 0.484. The third kappa shape index (κ3) is 4.48. The molecule has 0 atom stereocenters. The molecule has 5 nitrogen and oxygen atoms in total. The first kappa shape index (κ1) is 14.8. The quantitative estimate of drug-likeness (QED) is 0.825. The van der Waals surface area contributed by atoms with Gasteiger partial charge in [0.25, 0.3) is 5.91 Å². The van der Waals surface area contributed by atoms with E-state index in [4.69, 9.17) is 5.11 Å². The molecule has 2 rings (SSSR count). The molecule has 108 valence electrons. The summed E-state index contributed by atoms with van der Waals surface area (Å²) in [5.74, 6) is 5.64. The van der Waals surface area contributed by atoms with E-state index in [1.165, 1.54) is 0 Å². The summed E-state index contributed by atoms with van der Waals surface area (Å²) in [4.78, 5) is 15.9. The number of aliphatic hydroxyl groups is 1. The Balaban J connectivity index is 1.96. The van der Waals surface area contributed by atoms with Crippen molar-refractivity contribution in [1.82, 2.24) is 14.9 Å². The molecule has 0 bridgehead atoms. The molecule has 2 N–H and O–H groups in total. The van der Waals surface area contributed by atoms with Crippen molar-refractivity contribution in [2.45, 2.75) is 13.0 Å². The molecule has 0 aliphatic rings. The summed E-state index contributed by atoms with van der Waals surface area (Å²) in [7, 11) is 1.82. The summed E-state index contributed by atoms with van der Waals surface area (Å²) in [5, 5.41) is 11.5. The zero-order valence-corrected chi connectivity index (χ0v) is 11.8. The Labute approximate surface area is 123 Å². The molecule has 0 aliphatic carbocycles. The van der Waals surface area contributed by atoms with Crippen molar-refractivity contribution < 1.29 is 9.90 Å². The number of nitrogens with zero attached hydrogens (tertiary/aromatic N) is 2. The highest BCUT2D eigenvalue weighted by atomic mass is 16.2.